The number of nitrogens with zero attached hydrogens (tertiary/aromatic N) is 2. The molecule has 0 bridgehead atoms. The highest BCUT2D eigenvalue weighted by atomic mass is 16.2. The van der Waals surface area contributed by atoms with Crippen LogP contribution in [0, 0.1) is 13.8 Å². The highest BCUT2D eigenvalue weighted by molar-refractivity contribution is 6.46. The molecule has 0 saturated carbocycles. The molecule has 5 heteroatoms. The number of aryl methyl sites for hydroxylation is 2. The van der Waals surface area contributed by atoms with Crippen molar-refractivity contribution in [2.75, 3.05) is 29.2 Å². The fraction of sp³-hybridized carbons (Fsp3) is 0.154. The first kappa shape index (κ1) is 20.4. The van der Waals surface area contributed by atoms with E-state index in [1.807, 2.05) is 93.5 Å². The van der Waals surface area contributed by atoms with Crippen LogP contribution < -0.4 is 15.1 Å². The molecule has 2 amide bonds. The fourth-order valence-electron chi connectivity index (χ4n) is 3.62. The monoisotopic (exact) mass is 411 g/mol. The Morgan fingerprint density at radius 2 is 1.45 bits per heavy atom. The van der Waals surface area contributed by atoms with Crippen molar-refractivity contribution in [3.63, 3.8) is 0 Å². The van der Waals surface area contributed by atoms with Gasteiger partial charge in [-0.1, -0.05) is 36.4 Å². The lowest BCUT2D eigenvalue weighted by Crippen LogP contribution is -2.32. The lowest BCUT2D eigenvalue weighted by Gasteiger charge is -2.18. The summed E-state index contributed by atoms with van der Waals surface area (Å²) in [6.45, 7) is 4.06. The van der Waals surface area contributed by atoms with Gasteiger partial charge in [-0.25, -0.2) is 4.90 Å². The van der Waals surface area contributed by atoms with Gasteiger partial charge in [0.05, 0.1) is 11.3 Å². The summed E-state index contributed by atoms with van der Waals surface area (Å²) in [6.07, 6.45) is 0. The molecule has 0 radical (unpaired) electrons. The van der Waals surface area contributed by atoms with Crippen LogP contribution in [0.2, 0.25) is 0 Å². The molecule has 0 unspecified atom stereocenters. The smallest absolute Gasteiger partial charge is 0.282 e. The largest absolute Gasteiger partial charge is 0.378 e. The van der Waals surface area contributed by atoms with Crippen molar-refractivity contribution >= 4 is 34.4 Å². The third-order valence-corrected chi connectivity index (χ3v) is 5.55. The molecule has 0 fully saturated rings. The molecule has 1 heterocycles. The molecule has 156 valence electrons. The number of hydrogen-bond acceptors (Lipinski definition) is 4. The van der Waals surface area contributed by atoms with Crippen LogP contribution in [0.15, 0.2) is 78.5 Å². The molecule has 1 aliphatic rings. The van der Waals surface area contributed by atoms with Crippen molar-refractivity contribution in [2.24, 2.45) is 0 Å². The van der Waals surface area contributed by atoms with Crippen LogP contribution in [0.3, 0.4) is 0 Å². The molecular weight excluding hydrogens is 386 g/mol. The van der Waals surface area contributed by atoms with Crippen molar-refractivity contribution in [1.29, 1.82) is 0 Å². The van der Waals surface area contributed by atoms with E-state index in [9.17, 15) is 9.59 Å². The SMILES string of the molecule is Cc1ccc(NC2=C(c3ccccc3)C(=O)N(c3ccc(N(C)C)cc3)C2=O)cc1C. The number of rotatable bonds is 5. The van der Waals surface area contributed by atoms with E-state index >= 15 is 0 Å². The Hall–Kier alpha value is -3.86. The van der Waals surface area contributed by atoms with Crippen molar-refractivity contribution in [1.82, 2.24) is 0 Å². The maximum absolute atomic E-state index is 13.5. The molecule has 4 rings (SSSR count). The van der Waals surface area contributed by atoms with Crippen LogP contribution >= 0.6 is 0 Å². The van der Waals surface area contributed by atoms with Gasteiger partial charge in [0.1, 0.15) is 5.70 Å². The van der Waals surface area contributed by atoms with Gasteiger partial charge in [0.2, 0.25) is 0 Å². The van der Waals surface area contributed by atoms with Crippen LogP contribution in [-0.2, 0) is 9.59 Å². The van der Waals surface area contributed by atoms with Gasteiger partial charge in [-0.3, -0.25) is 9.59 Å². The summed E-state index contributed by atoms with van der Waals surface area (Å²) in [5, 5.41) is 3.23. The number of carbonyl (C=O) groups is 2. The van der Waals surface area contributed by atoms with E-state index < -0.39 is 0 Å². The lowest BCUT2D eigenvalue weighted by atomic mass is 10.0. The molecule has 0 atom stereocenters. The second kappa shape index (κ2) is 8.11. The van der Waals surface area contributed by atoms with E-state index in [1.54, 1.807) is 12.1 Å². The number of imide groups is 1. The first-order chi connectivity index (χ1) is 14.9. The van der Waals surface area contributed by atoms with Gasteiger partial charge in [-0.2, -0.15) is 0 Å². The second-order valence-electron chi connectivity index (χ2n) is 7.90. The Balaban J connectivity index is 1.77. The third kappa shape index (κ3) is 3.82. The van der Waals surface area contributed by atoms with Crippen molar-refractivity contribution in [3.8, 4) is 0 Å². The number of amides is 2. The third-order valence-electron chi connectivity index (χ3n) is 5.55. The standard InChI is InChI=1S/C26H25N3O2/c1-17-10-11-20(16-18(17)2)27-24-23(19-8-6-5-7-9-19)25(30)29(26(24)31)22-14-12-21(13-15-22)28(3)4/h5-16,27H,1-4H3. The number of nitrogens with one attached hydrogen (secondary N) is 1. The Labute approximate surface area is 182 Å². The molecule has 0 spiro atoms. The summed E-state index contributed by atoms with van der Waals surface area (Å²) in [7, 11) is 3.89. The average molecular weight is 412 g/mol. The fourth-order valence-corrected chi connectivity index (χ4v) is 3.62. The zero-order valence-corrected chi connectivity index (χ0v) is 18.1. The van der Waals surface area contributed by atoms with Crippen LogP contribution in [0.25, 0.3) is 5.57 Å². The number of anilines is 3. The molecule has 1 N–H and O–H groups in total. The second-order valence-corrected chi connectivity index (χ2v) is 7.90. The van der Waals surface area contributed by atoms with E-state index in [0.717, 1.165) is 16.9 Å². The topological polar surface area (TPSA) is 52.7 Å². The molecule has 1 aliphatic heterocycles. The lowest BCUT2D eigenvalue weighted by molar-refractivity contribution is -0.120. The molecule has 0 aliphatic carbocycles. The first-order valence-corrected chi connectivity index (χ1v) is 10.2. The summed E-state index contributed by atoms with van der Waals surface area (Å²) in [6, 6.07) is 22.6. The Kier molecular flexibility index (Phi) is 5.34. The van der Waals surface area contributed by atoms with E-state index in [0.29, 0.717) is 16.8 Å². The molecule has 0 aromatic heterocycles. The first-order valence-electron chi connectivity index (χ1n) is 10.2. The predicted octanol–water partition coefficient (Wildman–Crippen LogP) is 4.77. The van der Waals surface area contributed by atoms with Gasteiger partial charge in [0.25, 0.3) is 11.8 Å². The molecular formula is C26H25N3O2. The summed E-state index contributed by atoms with van der Waals surface area (Å²) < 4.78 is 0. The van der Waals surface area contributed by atoms with Crippen molar-refractivity contribution in [3.05, 3.63) is 95.2 Å². The van der Waals surface area contributed by atoms with Crippen molar-refractivity contribution in [2.45, 2.75) is 13.8 Å². The number of hydrogen-bond donors (Lipinski definition) is 1. The highest BCUT2D eigenvalue weighted by Crippen LogP contribution is 2.34. The summed E-state index contributed by atoms with van der Waals surface area (Å²) >= 11 is 0. The van der Waals surface area contributed by atoms with Crippen LogP contribution in [0.1, 0.15) is 16.7 Å². The molecule has 31 heavy (non-hydrogen) atoms. The summed E-state index contributed by atoms with van der Waals surface area (Å²) in [5.74, 6) is -0.695. The average Bonchev–Trinajstić information content (AvgIpc) is 3.01. The molecule has 5 nitrogen and oxygen atoms in total. The Morgan fingerprint density at radius 1 is 0.774 bits per heavy atom. The van der Waals surface area contributed by atoms with Gasteiger partial charge in [-0.05, 0) is 66.9 Å². The van der Waals surface area contributed by atoms with E-state index in [1.165, 1.54) is 10.5 Å². The van der Waals surface area contributed by atoms with E-state index in [-0.39, 0.29) is 17.5 Å². The molecule has 3 aromatic carbocycles. The van der Waals surface area contributed by atoms with Crippen LogP contribution in [-0.4, -0.2) is 25.9 Å². The minimum absolute atomic E-state index is 0.288. The van der Waals surface area contributed by atoms with Gasteiger partial charge in [0.15, 0.2) is 0 Å². The minimum Gasteiger partial charge on any atom is -0.378 e. The van der Waals surface area contributed by atoms with E-state index in [4.69, 9.17) is 0 Å². The van der Waals surface area contributed by atoms with Crippen LogP contribution in [0.5, 0.6) is 0 Å². The van der Waals surface area contributed by atoms with Gasteiger partial charge in [-0.15, -0.1) is 0 Å². The molecule has 0 saturated heterocycles. The highest BCUT2D eigenvalue weighted by Gasteiger charge is 2.40. The summed E-state index contributed by atoms with van der Waals surface area (Å²) in [5.41, 5.74) is 5.96. The zero-order chi connectivity index (χ0) is 22.1. The number of benzene rings is 3. The number of carbonyl (C=O) groups excluding carboxylic acids is 2. The predicted molar refractivity (Wildman–Crippen MR) is 126 cm³/mol. The van der Waals surface area contributed by atoms with Gasteiger partial charge >= 0.3 is 0 Å². The minimum atomic E-state index is -0.361. The maximum Gasteiger partial charge on any atom is 0.282 e. The van der Waals surface area contributed by atoms with E-state index in [2.05, 4.69) is 5.32 Å². The maximum atomic E-state index is 13.5. The zero-order valence-electron chi connectivity index (χ0n) is 18.1. The Bertz CT molecular complexity index is 1180. The van der Waals surface area contributed by atoms with Gasteiger partial charge < -0.3 is 10.2 Å². The normalized spacial score (nSPS) is 13.7. The van der Waals surface area contributed by atoms with Crippen molar-refractivity contribution < 1.29 is 9.59 Å². The van der Waals surface area contributed by atoms with Gasteiger partial charge in [0, 0.05) is 25.5 Å². The van der Waals surface area contributed by atoms with Crippen LogP contribution in [0.4, 0.5) is 17.1 Å². The quantitative estimate of drug-likeness (QED) is 0.615. The Morgan fingerprint density at radius 3 is 2.06 bits per heavy atom. The molecule has 3 aromatic rings. The summed E-state index contributed by atoms with van der Waals surface area (Å²) in [4.78, 5) is 30.1.